The van der Waals surface area contributed by atoms with Gasteiger partial charge < -0.3 is 5.32 Å². The molecule has 0 aromatic carbocycles. The lowest BCUT2D eigenvalue weighted by Gasteiger charge is -2.00. The zero-order chi connectivity index (χ0) is 9.10. The summed E-state index contributed by atoms with van der Waals surface area (Å²) in [7, 11) is 1.96. The number of aromatic nitrogens is 2. The van der Waals surface area contributed by atoms with Gasteiger partial charge in [-0.1, -0.05) is 0 Å². The molecule has 0 radical (unpaired) electrons. The number of rotatable bonds is 5. The summed E-state index contributed by atoms with van der Waals surface area (Å²) in [5.41, 5.74) is 1.35. The van der Waals surface area contributed by atoms with Crippen molar-refractivity contribution < 1.29 is 0 Å². The van der Waals surface area contributed by atoms with E-state index in [1.54, 1.807) is 0 Å². The van der Waals surface area contributed by atoms with E-state index in [0.29, 0.717) is 0 Å². The first-order valence-corrected chi connectivity index (χ1v) is 5.05. The highest BCUT2D eigenvalue weighted by Crippen LogP contribution is 2.18. The van der Waals surface area contributed by atoms with Crippen molar-refractivity contribution in [2.24, 2.45) is 7.05 Å². The van der Waals surface area contributed by atoms with Crippen LogP contribution in [-0.4, -0.2) is 22.4 Å². The third-order valence-corrected chi connectivity index (χ3v) is 2.41. The molecule has 0 atom stereocenters. The molecule has 1 aromatic heterocycles. The van der Waals surface area contributed by atoms with Crippen LogP contribution in [0.4, 0.5) is 0 Å². The second-order valence-corrected chi connectivity index (χ2v) is 3.85. The minimum atomic E-state index is 0.842. The molecule has 2 rings (SSSR count). The summed E-state index contributed by atoms with van der Waals surface area (Å²) in [5.74, 6) is 0. The van der Waals surface area contributed by atoms with Crippen LogP contribution >= 0.6 is 0 Å². The van der Waals surface area contributed by atoms with E-state index in [9.17, 15) is 0 Å². The lowest BCUT2D eigenvalue weighted by atomic mass is 10.2. The normalized spacial score (nSPS) is 16.4. The summed E-state index contributed by atoms with van der Waals surface area (Å²) in [6, 6.07) is 0.842. The highest BCUT2D eigenvalue weighted by Gasteiger charge is 2.19. The Morgan fingerprint density at radius 1 is 1.62 bits per heavy atom. The Labute approximate surface area is 79.1 Å². The molecule has 3 nitrogen and oxygen atoms in total. The molecule has 1 aromatic rings. The molecule has 0 saturated heterocycles. The molecule has 1 saturated carbocycles. The van der Waals surface area contributed by atoms with Gasteiger partial charge in [-0.05, 0) is 37.8 Å². The van der Waals surface area contributed by atoms with E-state index in [1.165, 1.54) is 24.8 Å². The maximum atomic E-state index is 4.14. The monoisotopic (exact) mass is 179 g/mol. The van der Waals surface area contributed by atoms with Gasteiger partial charge in [0.15, 0.2) is 0 Å². The van der Waals surface area contributed by atoms with Crippen LogP contribution in [0.15, 0.2) is 12.4 Å². The van der Waals surface area contributed by atoms with Gasteiger partial charge in [-0.25, -0.2) is 0 Å². The minimum absolute atomic E-state index is 0.842. The van der Waals surface area contributed by atoms with E-state index in [2.05, 4.69) is 16.6 Å². The lowest BCUT2D eigenvalue weighted by molar-refractivity contribution is 0.645. The van der Waals surface area contributed by atoms with Crippen LogP contribution in [0.5, 0.6) is 0 Å². The molecule has 0 aliphatic heterocycles. The maximum Gasteiger partial charge on any atom is 0.0521 e. The third kappa shape index (κ3) is 2.84. The summed E-state index contributed by atoms with van der Waals surface area (Å²) >= 11 is 0. The van der Waals surface area contributed by atoms with Gasteiger partial charge in [0.25, 0.3) is 0 Å². The zero-order valence-corrected chi connectivity index (χ0v) is 8.16. The average Bonchev–Trinajstić information content (AvgIpc) is 2.84. The van der Waals surface area contributed by atoms with Crippen molar-refractivity contribution in [2.75, 3.05) is 6.54 Å². The van der Waals surface area contributed by atoms with E-state index in [0.717, 1.165) is 19.0 Å². The van der Waals surface area contributed by atoms with Gasteiger partial charge >= 0.3 is 0 Å². The largest absolute Gasteiger partial charge is 0.314 e. The molecule has 1 aliphatic rings. The first kappa shape index (κ1) is 8.75. The van der Waals surface area contributed by atoms with Gasteiger partial charge in [-0.15, -0.1) is 0 Å². The molecular formula is C10H17N3. The molecule has 0 amide bonds. The smallest absolute Gasteiger partial charge is 0.0521 e. The zero-order valence-electron chi connectivity index (χ0n) is 8.16. The van der Waals surface area contributed by atoms with Crippen LogP contribution in [-0.2, 0) is 13.5 Å². The molecule has 0 spiro atoms. The first-order chi connectivity index (χ1) is 6.34. The third-order valence-electron chi connectivity index (χ3n) is 2.41. The predicted octanol–water partition coefficient (Wildman–Crippen LogP) is 1.10. The molecule has 13 heavy (non-hydrogen) atoms. The van der Waals surface area contributed by atoms with E-state index in [-0.39, 0.29) is 0 Å². The van der Waals surface area contributed by atoms with Crippen LogP contribution in [0.2, 0.25) is 0 Å². The van der Waals surface area contributed by atoms with Crippen LogP contribution in [0.1, 0.15) is 24.8 Å². The Hall–Kier alpha value is -0.830. The summed E-state index contributed by atoms with van der Waals surface area (Å²) in [6.07, 6.45) is 9.18. The molecule has 1 fully saturated rings. The number of hydrogen-bond donors (Lipinski definition) is 1. The van der Waals surface area contributed by atoms with Crippen molar-refractivity contribution in [3.8, 4) is 0 Å². The second kappa shape index (κ2) is 3.92. The fourth-order valence-electron chi connectivity index (χ4n) is 1.49. The van der Waals surface area contributed by atoms with E-state index in [1.807, 2.05) is 17.9 Å². The molecule has 1 heterocycles. The summed E-state index contributed by atoms with van der Waals surface area (Å²) < 4.78 is 1.86. The molecule has 1 aliphatic carbocycles. The van der Waals surface area contributed by atoms with Gasteiger partial charge in [0.2, 0.25) is 0 Å². The summed E-state index contributed by atoms with van der Waals surface area (Å²) in [4.78, 5) is 0. The van der Waals surface area contributed by atoms with Gasteiger partial charge in [-0.3, -0.25) is 4.68 Å². The van der Waals surface area contributed by atoms with Crippen molar-refractivity contribution in [3.05, 3.63) is 18.0 Å². The van der Waals surface area contributed by atoms with Gasteiger partial charge in [0.05, 0.1) is 6.20 Å². The van der Waals surface area contributed by atoms with Crippen LogP contribution < -0.4 is 5.32 Å². The van der Waals surface area contributed by atoms with Crippen LogP contribution in [0.25, 0.3) is 0 Å². The van der Waals surface area contributed by atoms with Crippen LogP contribution in [0, 0.1) is 0 Å². The van der Waals surface area contributed by atoms with Crippen molar-refractivity contribution in [1.82, 2.24) is 15.1 Å². The van der Waals surface area contributed by atoms with Crippen molar-refractivity contribution >= 4 is 0 Å². The van der Waals surface area contributed by atoms with Crippen LogP contribution in [0.3, 0.4) is 0 Å². The van der Waals surface area contributed by atoms with Crippen molar-refractivity contribution in [2.45, 2.75) is 31.7 Å². The molecule has 72 valence electrons. The number of hydrogen-bond acceptors (Lipinski definition) is 2. The number of nitrogens with zero attached hydrogens (tertiary/aromatic N) is 2. The Balaban J connectivity index is 1.61. The van der Waals surface area contributed by atoms with Crippen molar-refractivity contribution in [3.63, 3.8) is 0 Å². The molecule has 3 heteroatoms. The quantitative estimate of drug-likeness (QED) is 0.686. The van der Waals surface area contributed by atoms with Crippen molar-refractivity contribution in [1.29, 1.82) is 0 Å². The topological polar surface area (TPSA) is 29.9 Å². The lowest BCUT2D eigenvalue weighted by Crippen LogP contribution is -2.17. The Morgan fingerprint density at radius 3 is 3.08 bits per heavy atom. The Bertz CT molecular complexity index is 263. The van der Waals surface area contributed by atoms with E-state index >= 15 is 0 Å². The fourth-order valence-corrected chi connectivity index (χ4v) is 1.49. The standard InChI is InChI=1S/C10H17N3/c1-13-8-9(7-12-13)3-2-6-11-10-4-5-10/h7-8,10-11H,2-6H2,1H3. The highest BCUT2D eigenvalue weighted by atomic mass is 15.2. The molecule has 0 bridgehead atoms. The fraction of sp³-hybridized carbons (Fsp3) is 0.700. The molecular weight excluding hydrogens is 162 g/mol. The molecule has 0 unspecified atom stereocenters. The van der Waals surface area contributed by atoms with Gasteiger partial charge in [0, 0.05) is 19.3 Å². The number of aryl methyl sites for hydroxylation is 2. The van der Waals surface area contributed by atoms with E-state index < -0.39 is 0 Å². The van der Waals surface area contributed by atoms with Gasteiger partial charge in [-0.2, -0.15) is 5.10 Å². The SMILES string of the molecule is Cn1cc(CCCNC2CC2)cn1. The first-order valence-electron chi connectivity index (χ1n) is 5.05. The maximum absolute atomic E-state index is 4.14. The summed E-state index contributed by atoms with van der Waals surface area (Å²) in [6.45, 7) is 1.15. The minimum Gasteiger partial charge on any atom is -0.314 e. The molecule has 1 N–H and O–H groups in total. The predicted molar refractivity (Wildman–Crippen MR) is 52.6 cm³/mol. The Morgan fingerprint density at radius 2 is 2.46 bits per heavy atom. The average molecular weight is 179 g/mol. The Kier molecular flexibility index (Phi) is 2.64. The van der Waals surface area contributed by atoms with Gasteiger partial charge in [0.1, 0.15) is 0 Å². The number of nitrogens with one attached hydrogen (secondary N) is 1. The highest BCUT2D eigenvalue weighted by molar-refractivity contribution is 5.03. The van der Waals surface area contributed by atoms with E-state index in [4.69, 9.17) is 0 Å². The second-order valence-electron chi connectivity index (χ2n) is 3.85. The summed E-state index contributed by atoms with van der Waals surface area (Å²) in [5, 5.41) is 7.65.